The first-order valence-electron chi connectivity index (χ1n) is 7.60. The van der Waals surface area contributed by atoms with E-state index in [-0.39, 0.29) is 60.3 Å². The third-order valence-corrected chi connectivity index (χ3v) is 7.13. The maximum Gasteiger partial charge on any atom is 0.220 e. The smallest absolute Gasteiger partial charge is 0.220 e. The summed E-state index contributed by atoms with van der Waals surface area (Å²) in [5.74, 6) is -0.530. The van der Waals surface area contributed by atoms with Crippen molar-refractivity contribution in [1.29, 1.82) is 0 Å². The van der Waals surface area contributed by atoms with Crippen LogP contribution >= 0.6 is 0 Å². The van der Waals surface area contributed by atoms with Crippen molar-refractivity contribution in [2.45, 2.75) is 38.6 Å². The Morgan fingerprint density at radius 2 is 1.83 bits per heavy atom. The van der Waals surface area contributed by atoms with Crippen molar-refractivity contribution in [3.05, 3.63) is 0 Å². The first kappa shape index (κ1) is 19.9. The van der Waals surface area contributed by atoms with Crippen LogP contribution in [0.25, 0.3) is 0 Å². The van der Waals surface area contributed by atoms with E-state index >= 15 is 0 Å². The monoisotopic (exact) mass is 368 g/mol. The van der Waals surface area contributed by atoms with Gasteiger partial charge < -0.3 is 10.6 Å². The van der Waals surface area contributed by atoms with Crippen molar-refractivity contribution in [2.24, 2.45) is 0 Å². The highest BCUT2D eigenvalue weighted by Gasteiger charge is 2.28. The molecule has 23 heavy (non-hydrogen) atoms. The Morgan fingerprint density at radius 3 is 2.39 bits per heavy atom. The molecule has 0 aromatic carbocycles. The quantitative estimate of drug-likeness (QED) is 0.503. The number of nitrogens with one attached hydrogen (secondary N) is 2. The molecule has 2 amide bonds. The summed E-state index contributed by atoms with van der Waals surface area (Å²) in [5, 5.41) is 5.17. The first-order chi connectivity index (χ1) is 10.6. The van der Waals surface area contributed by atoms with Crippen LogP contribution in [0.4, 0.5) is 0 Å². The van der Waals surface area contributed by atoms with Gasteiger partial charge in [0.15, 0.2) is 9.84 Å². The zero-order valence-corrected chi connectivity index (χ0v) is 14.8. The van der Waals surface area contributed by atoms with Gasteiger partial charge in [-0.3, -0.25) is 9.59 Å². The van der Waals surface area contributed by atoms with Gasteiger partial charge >= 0.3 is 0 Å². The molecule has 1 rings (SSSR count). The van der Waals surface area contributed by atoms with Gasteiger partial charge in [-0.1, -0.05) is 6.92 Å². The lowest BCUT2D eigenvalue weighted by Crippen LogP contribution is -2.36. The Labute approximate surface area is 137 Å². The number of hydrogen-bond donors (Lipinski definition) is 2. The fourth-order valence-electron chi connectivity index (χ4n) is 2.19. The number of sulfone groups is 2. The normalized spacial score (nSPS) is 20.1. The van der Waals surface area contributed by atoms with E-state index in [0.29, 0.717) is 12.8 Å². The lowest BCUT2D eigenvalue weighted by atomic mass is 10.2. The summed E-state index contributed by atoms with van der Waals surface area (Å²) in [7, 11) is -6.08. The van der Waals surface area contributed by atoms with Crippen LogP contribution in [0.3, 0.4) is 0 Å². The standard InChI is InChI=1S/C13H24N2O6S2/c1-2-22(18,19)8-3-7-14-12(16)4-5-13(17)15-11-6-9-23(20,21)10-11/h11H,2-10H2,1H3,(H,14,16)(H,15,17)/t11-/m0/s1. The zero-order chi connectivity index (χ0) is 17.5. The first-order valence-corrected chi connectivity index (χ1v) is 11.2. The van der Waals surface area contributed by atoms with Crippen LogP contribution in [-0.2, 0) is 29.3 Å². The van der Waals surface area contributed by atoms with Crippen LogP contribution < -0.4 is 10.6 Å². The molecule has 1 aliphatic heterocycles. The van der Waals surface area contributed by atoms with Crippen LogP contribution in [0.15, 0.2) is 0 Å². The van der Waals surface area contributed by atoms with Crippen molar-refractivity contribution in [3.63, 3.8) is 0 Å². The van der Waals surface area contributed by atoms with Gasteiger partial charge in [-0.25, -0.2) is 16.8 Å². The van der Waals surface area contributed by atoms with Crippen molar-refractivity contribution < 1.29 is 26.4 Å². The lowest BCUT2D eigenvalue weighted by Gasteiger charge is -2.10. The zero-order valence-electron chi connectivity index (χ0n) is 13.2. The van der Waals surface area contributed by atoms with Crippen LogP contribution in [0.2, 0.25) is 0 Å². The molecule has 0 bridgehead atoms. The van der Waals surface area contributed by atoms with Crippen molar-refractivity contribution in [1.82, 2.24) is 10.6 Å². The van der Waals surface area contributed by atoms with Crippen LogP contribution in [0, 0.1) is 0 Å². The summed E-state index contributed by atoms with van der Waals surface area (Å²) < 4.78 is 45.1. The van der Waals surface area contributed by atoms with Crippen LogP contribution in [0.1, 0.15) is 32.6 Å². The summed E-state index contributed by atoms with van der Waals surface area (Å²) >= 11 is 0. The van der Waals surface area contributed by atoms with E-state index < -0.39 is 19.7 Å². The number of amides is 2. The van der Waals surface area contributed by atoms with Crippen LogP contribution in [-0.4, -0.2) is 64.2 Å². The molecule has 0 aliphatic carbocycles. The highest BCUT2D eigenvalue weighted by Crippen LogP contribution is 2.11. The van der Waals surface area contributed by atoms with Gasteiger partial charge in [0.1, 0.15) is 9.84 Å². The molecule has 134 valence electrons. The van der Waals surface area contributed by atoms with E-state index in [1.54, 1.807) is 6.92 Å². The van der Waals surface area contributed by atoms with Gasteiger partial charge in [-0.15, -0.1) is 0 Å². The van der Waals surface area contributed by atoms with E-state index in [4.69, 9.17) is 0 Å². The van der Waals surface area contributed by atoms with Crippen molar-refractivity contribution in [2.75, 3.05) is 29.6 Å². The Balaban J connectivity index is 2.15. The molecule has 10 heteroatoms. The summed E-state index contributed by atoms with van der Waals surface area (Å²) in [5.41, 5.74) is 0. The molecule has 1 aliphatic rings. The van der Waals surface area contributed by atoms with Gasteiger partial charge in [0.25, 0.3) is 0 Å². The Morgan fingerprint density at radius 1 is 1.17 bits per heavy atom. The van der Waals surface area contributed by atoms with E-state index in [1.807, 2.05) is 0 Å². The Kier molecular flexibility index (Phi) is 7.46. The van der Waals surface area contributed by atoms with Crippen molar-refractivity contribution in [3.8, 4) is 0 Å². The molecular formula is C13H24N2O6S2. The van der Waals surface area contributed by atoms with E-state index in [1.165, 1.54) is 0 Å². The highest BCUT2D eigenvalue weighted by molar-refractivity contribution is 7.91. The molecule has 1 atom stereocenters. The minimum atomic E-state index is -3.04. The maximum atomic E-state index is 11.6. The average Bonchev–Trinajstić information content (AvgIpc) is 2.80. The Bertz CT molecular complexity index is 627. The molecule has 1 saturated heterocycles. The van der Waals surface area contributed by atoms with E-state index in [9.17, 15) is 26.4 Å². The second-order valence-corrected chi connectivity index (χ2v) is 10.3. The lowest BCUT2D eigenvalue weighted by molar-refractivity contribution is -0.126. The second-order valence-electron chi connectivity index (χ2n) is 5.61. The minimum absolute atomic E-state index is 0.00810. The fourth-order valence-corrected chi connectivity index (χ4v) is 4.73. The predicted octanol–water partition coefficient (Wildman–Crippen LogP) is -0.989. The molecule has 1 fully saturated rings. The SMILES string of the molecule is CCS(=O)(=O)CCCNC(=O)CCC(=O)N[C@H]1CCS(=O)(=O)C1. The van der Waals surface area contributed by atoms with Gasteiger partial charge in [0.05, 0.1) is 17.3 Å². The largest absolute Gasteiger partial charge is 0.356 e. The summed E-state index contributed by atoms with van der Waals surface area (Å²) in [4.78, 5) is 23.2. The number of hydrogen-bond acceptors (Lipinski definition) is 6. The molecule has 0 aromatic rings. The third-order valence-electron chi connectivity index (χ3n) is 3.57. The second kappa shape index (κ2) is 8.62. The van der Waals surface area contributed by atoms with Crippen molar-refractivity contribution >= 4 is 31.5 Å². The maximum absolute atomic E-state index is 11.6. The van der Waals surface area contributed by atoms with Gasteiger partial charge in [-0.05, 0) is 12.8 Å². The molecule has 1 heterocycles. The summed E-state index contributed by atoms with van der Waals surface area (Å²) in [6.07, 6.45) is 0.724. The molecule has 2 N–H and O–H groups in total. The molecule has 0 radical (unpaired) electrons. The third kappa shape index (κ3) is 8.31. The molecule has 0 unspecified atom stereocenters. The number of carbonyl (C=O) groups excluding carboxylic acids is 2. The minimum Gasteiger partial charge on any atom is -0.356 e. The molecular weight excluding hydrogens is 344 g/mol. The predicted molar refractivity (Wildman–Crippen MR) is 86.4 cm³/mol. The van der Waals surface area contributed by atoms with E-state index in [2.05, 4.69) is 10.6 Å². The topological polar surface area (TPSA) is 126 Å². The van der Waals surface area contributed by atoms with Gasteiger partial charge in [0.2, 0.25) is 11.8 Å². The molecule has 8 nitrogen and oxygen atoms in total. The Hall–Kier alpha value is -1.16. The van der Waals surface area contributed by atoms with E-state index in [0.717, 1.165) is 0 Å². The summed E-state index contributed by atoms with van der Waals surface area (Å²) in [6, 6.07) is -0.366. The number of carbonyl (C=O) groups is 2. The number of rotatable bonds is 9. The average molecular weight is 368 g/mol. The van der Waals surface area contributed by atoms with Crippen LogP contribution in [0.5, 0.6) is 0 Å². The fraction of sp³-hybridized carbons (Fsp3) is 0.846. The van der Waals surface area contributed by atoms with Gasteiger partial charge in [-0.2, -0.15) is 0 Å². The molecule has 0 aromatic heterocycles. The molecule has 0 saturated carbocycles. The molecule has 0 spiro atoms. The summed E-state index contributed by atoms with van der Waals surface area (Å²) in [6.45, 7) is 1.82. The highest BCUT2D eigenvalue weighted by atomic mass is 32.2. The van der Waals surface area contributed by atoms with Gasteiger partial charge in [0, 0.05) is 31.2 Å².